The number of carbonyl (C=O) groups is 1. The van der Waals surface area contributed by atoms with Gasteiger partial charge in [-0.1, -0.05) is 34.6 Å². The summed E-state index contributed by atoms with van der Waals surface area (Å²) in [5.41, 5.74) is -0.439. The first-order chi connectivity index (χ1) is 11.8. The fourth-order valence-electron chi connectivity index (χ4n) is 6.92. The van der Waals surface area contributed by atoms with Crippen LogP contribution in [0.3, 0.4) is 0 Å². The summed E-state index contributed by atoms with van der Waals surface area (Å²) in [6.45, 7) is 17.6. The van der Waals surface area contributed by atoms with Crippen molar-refractivity contribution in [2.75, 3.05) is 0 Å². The van der Waals surface area contributed by atoms with Gasteiger partial charge in [0, 0.05) is 5.41 Å². The van der Waals surface area contributed by atoms with Crippen LogP contribution in [0.4, 0.5) is 0 Å². The van der Waals surface area contributed by atoms with Gasteiger partial charge in [-0.3, -0.25) is 4.79 Å². The van der Waals surface area contributed by atoms with Crippen molar-refractivity contribution >= 4 is 5.97 Å². The summed E-state index contributed by atoms with van der Waals surface area (Å²) >= 11 is 0. The summed E-state index contributed by atoms with van der Waals surface area (Å²) in [5.74, 6) is 2.95. The van der Waals surface area contributed by atoms with Crippen LogP contribution in [0.5, 0.6) is 0 Å². The van der Waals surface area contributed by atoms with Crippen LogP contribution >= 0.6 is 0 Å². The Morgan fingerprint density at radius 2 is 1.35 bits per heavy atom. The minimum Gasteiger partial charge on any atom is -0.459 e. The van der Waals surface area contributed by atoms with E-state index in [4.69, 9.17) is 4.74 Å². The molecule has 4 bridgehead atoms. The zero-order valence-corrected chi connectivity index (χ0v) is 18.6. The highest BCUT2D eigenvalue weighted by atomic mass is 16.6. The Kier molecular flexibility index (Phi) is 4.85. The summed E-state index contributed by atoms with van der Waals surface area (Å²) in [6.07, 6.45) is 8.98. The second-order valence-corrected chi connectivity index (χ2v) is 12.4. The molecule has 0 N–H and O–H groups in total. The molecule has 4 aliphatic carbocycles. The second kappa shape index (κ2) is 6.24. The van der Waals surface area contributed by atoms with E-state index in [0.717, 1.165) is 24.2 Å². The minimum absolute atomic E-state index is 0.0307. The molecule has 0 aromatic carbocycles. The molecule has 0 spiro atoms. The topological polar surface area (TPSA) is 26.3 Å². The van der Waals surface area contributed by atoms with Crippen LogP contribution in [0.2, 0.25) is 0 Å². The maximum absolute atomic E-state index is 13.5. The molecular weight excluding hydrogens is 320 g/mol. The molecule has 150 valence electrons. The minimum atomic E-state index is -0.419. The standard InChI is InChI=1S/C24H42O2/c1-16(2)23(8,15-21(3,4)5)20(25)26-22(6,7)24-12-17-9-18(13-24)11-19(10-17)14-24/h16-19H,9-15H2,1-8H3. The number of esters is 1. The van der Waals surface area contributed by atoms with Crippen molar-refractivity contribution in [2.24, 2.45) is 39.9 Å². The summed E-state index contributed by atoms with van der Waals surface area (Å²) in [6, 6.07) is 0. The largest absolute Gasteiger partial charge is 0.459 e. The van der Waals surface area contributed by atoms with Gasteiger partial charge in [-0.25, -0.2) is 0 Å². The molecule has 0 saturated heterocycles. The maximum atomic E-state index is 13.5. The monoisotopic (exact) mass is 362 g/mol. The zero-order valence-electron chi connectivity index (χ0n) is 18.6. The molecule has 0 aromatic heterocycles. The molecule has 0 radical (unpaired) electrons. The predicted molar refractivity (Wildman–Crippen MR) is 108 cm³/mol. The fourth-order valence-corrected chi connectivity index (χ4v) is 6.92. The number of carbonyl (C=O) groups excluding carboxylic acids is 1. The summed E-state index contributed by atoms with van der Waals surface area (Å²) in [5, 5.41) is 0. The molecule has 1 unspecified atom stereocenters. The van der Waals surface area contributed by atoms with Gasteiger partial charge in [0.2, 0.25) is 0 Å². The van der Waals surface area contributed by atoms with Crippen molar-refractivity contribution < 1.29 is 9.53 Å². The van der Waals surface area contributed by atoms with E-state index in [0.29, 0.717) is 0 Å². The Balaban J connectivity index is 1.81. The molecule has 4 fully saturated rings. The van der Waals surface area contributed by atoms with Crippen LogP contribution in [0.25, 0.3) is 0 Å². The Morgan fingerprint density at radius 3 is 1.69 bits per heavy atom. The van der Waals surface area contributed by atoms with E-state index in [1.807, 2.05) is 0 Å². The molecule has 2 nitrogen and oxygen atoms in total. The van der Waals surface area contributed by atoms with Crippen LogP contribution in [0, 0.1) is 39.9 Å². The van der Waals surface area contributed by atoms with Crippen molar-refractivity contribution in [3.05, 3.63) is 0 Å². The van der Waals surface area contributed by atoms with Crippen molar-refractivity contribution in [1.82, 2.24) is 0 Å². The molecule has 4 aliphatic rings. The van der Waals surface area contributed by atoms with Crippen LogP contribution in [-0.2, 0) is 9.53 Å². The van der Waals surface area contributed by atoms with E-state index in [9.17, 15) is 4.79 Å². The summed E-state index contributed by atoms with van der Waals surface area (Å²) < 4.78 is 6.46. The predicted octanol–water partition coefficient (Wildman–Crippen LogP) is 6.62. The van der Waals surface area contributed by atoms with E-state index < -0.39 is 5.41 Å². The van der Waals surface area contributed by atoms with Gasteiger partial charge in [-0.05, 0) is 94.8 Å². The molecule has 4 rings (SSSR count). The average Bonchev–Trinajstić information content (AvgIpc) is 2.42. The first-order valence-electron chi connectivity index (χ1n) is 11.0. The summed E-state index contributed by atoms with van der Waals surface area (Å²) in [7, 11) is 0. The number of ether oxygens (including phenoxy) is 1. The molecular formula is C24H42O2. The molecule has 0 aromatic rings. The SMILES string of the molecule is CC(C)C(C)(CC(C)(C)C)C(=O)OC(C)(C)C12CC3CC(CC(C3)C1)C2. The van der Waals surface area contributed by atoms with E-state index in [1.165, 1.54) is 38.5 Å². The third-order valence-corrected chi connectivity index (χ3v) is 8.30. The Labute approximate surface area is 161 Å². The lowest BCUT2D eigenvalue weighted by atomic mass is 9.46. The molecule has 0 heterocycles. The third-order valence-electron chi connectivity index (χ3n) is 8.30. The van der Waals surface area contributed by atoms with Crippen molar-refractivity contribution in [3.8, 4) is 0 Å². The first-order valence-corrected chi connectivity index (χ1v) is 11.0. The highest BCUT2D eigenvalue weighted by molar-refractivity contribution is 5.77. The Bertz CT molecular complexity index is 516. The van der Waals surface area contributed by atoms with Gasteiger partial charge in [0.15, 0.2) is 0 Å². The molecule has 4 saturated carbocycles. The highest BCUT2D eigenvalue weighted by Crippen LogP contribution is 2.64. The van der Waals surface area contributed by atoms with E-state index >= 15 is 0 Å². The lowest BCUT2D eigenvalue weighted by Gasteiger charge is -2.61. The highest BCUT2D eigenvalue weighted by Gasteiger charge is 2.59. The van der Waals surface area contributed by atoms with Crippen LogP contribution in [0.15, 0.2) is 0 Å². The normalized spacial score (nSPS) is 36.3. The van der Waals surface area contributed by atoms with Crippen LogP contribution in [0.1, 0.15) is 100 Å². The lowest BCUT2D eigenvalue weighted by molar-refractivity contribution is -0.210. The van der Waals surface area contributed by atoms with Crippen molar-refractivity contribution in [3.63, 3.8) is 0 Å². The number of rotatable bonds is 5. The molecule has 0 aliphatic heterocycles. The van der Waals surface area contributed by atoms with Crippen LogP contribution < -0.4 is 0 Å². The molecule has 0 amide bonds. The van der Waals surface area contributed by atoms with E-state index in [1.54, 1.807) is 0 Å². The van der Waals surface area contributed by atoms with Gasteiger partial charge in [-0.2, -0.15) is 0 Å². The maximum Gasteiger partial charge on any atom is 0.312 e. The molecule has 1 atom stereocenters. The third kappa shape index (κ3) is 3.47. The van der Waals surface area contributed by atoms with Crippen molar-refractivity contribution in [2.45, 2.75) is 106 Å². The smallest absolute Gasteiger partial charge is 0.312 e. The fraction of sp³-hybridized carbons (Fsp3) is 0.958. The lowest BCUT2D eigenvalue weighted by Crippen LogP contribution is -2.58. The molecule has 2 heteroatoms. The van der Waals surface area contributed by atoms with Gasteiger partial charge < -0.3 is 4.74 Å². The number of hydrogen-bond donors (Lipinski definition) is 0. The first kappa shape index (κ1) is 20.2. The van der Waals surface area contributed by atoms with Gasteiger partial charge in [-0.15, -0.1) is 0 Å². The Hall–Kier alpha value is -0.530. The van der Waals surface area contributed by atoms with E-state index in [2.05, 4.69) is 55.4 Å². The summed E-state index contributed by atoms with van der Waals surface area (Å²) in [4.78, 5) is 13.5. The van der Waals surface area contributed by atoms with Crippen LogP contribution in [-0.4, -0.2) is 11.6 Å². The van der Waals surface area contributed by atoms with Gasteiger partial charge in [0.1, 0.15) is 5.60 Å². The molecule has 26 heavy (non-hydrogen) atoms. The number of hydrogen-bond acceptors (Lipinski definition) is 2. The second-order valence-electron chi connectivity index (χ2n) is 12.4. The van der Waals surface area contributed by atoms with Crippen molar-refractivity contribution in [1.29, 1.82) is 0 Å². The average molecular weight is 363 g/mol. The zero-order chi connectivity index (χ0) is 19.5. The van der Waals surface area contributed by atoms with E-state index in [-0.39, 0.29) is 28.3 Å². The van der Waals surface area contributed by atoms with Gasteiger partial charge in [0.25, 0.3) is 0 Å². The van der Waals surface area contributed by atoms with Gasteiger partial charge >= 0.3 is 5.97 Å². The quantitative estimate of drug-likeness (QED) is 0.513. The van der Waals surface area contributed by atoms with Gasteiger partial charge in [0.05, 0.1) is 5.41 Å². The Morgan fingerprint density at radius 1 is 0.923 bits per heavy atom.